The summed E-state index contributed by atoms with van der Waals surface area (Å²) >= 11 is 1.44. The van der Waals surface area contributed by atoms with Crippen molar-refractivity contribution in [1.82, 2.24) is 9.97 Å². The molecule has 1 N–H and O–H groups in total. The summed E-state index contributed by atoms with van der Waals surface area (Å²) in [4.78, 5) is 23.9. The second-order valence-corrected chi connectivity index (χ2v) is 7.56. The SMILES string of the molecule is CCOc1ccccc1NC(=O)c1sc2nc(C3CC3)nc(C)c2c1C. The molecule has 2 aromatic heterocycles. The largest absolute Gasteiger partial charge is 0.492 e. The van der Waals surface area contributed by atoms with Crippen LogP contribution in [0.1, 0.15) is 52.4 Å². The third-order valence-corrected chi connectivity index (χ3v) is 5.76. The standard InChI is InChI=1S/C20H21N3O2S/c1-4-25-15-8-6-5-7-14(15)22-19(24)17-11(2)16-12(3)21-18(13-9-10-13)23-20(16)26-17/h5-8,13H,4,9-10H2,1-3H3,(H,22,24). The van der Waals surface area contributed by atoms with Crippen molar-refractivity contribution in [3.63, 3.8) is 0 Å². The van der Waals surface area contributed by atoms with Gasteiger partial charge in [-0.05, 0) is 51.3 Å². The zero-order chi connectivity index (χ0) is 18.3. The molecule has 3 aromatic rings. The normalized spacial score (nSPS) is 13.8. The Morgan fingerprint density at radius 3 is 2.77 bits per heavy atom. The van der Waals surface area contributed by atoms with E-state index < -0.39 is 0 Å². The molecule has 1 aliphatic rings. The summed E-state index contributed by atoms with van der Waals surface area (Å²) in [6.45, 7) is 6.44. The summed E-state index contributed by atoms with van der Waals surface area (Å²) in [7, 11) is 0. The van der Waals surface area contributed by atoms with Gasteiger partial charge in [-0.25, -0.2) is 9.97 Å². The van der Waals surface area contributed by atoms with Gasteiger partial charge >= 0.3 is 0 Å². The second-order valence-electron chi connectivity index (χ2n) is 6.56. The number of benzene rings is 1. The molecule has 1 saturated carbocycles. The predicted octanol–water partition coefficient (Wildman–Crippen LogP) is 4.84. The summed E-state index contributed by atoms with van der Waals surface area (Å²) in [6, 6.07) is 7.48. The zero-order valence-electron chi connectivity index (χ0n) is 15.1. The lowest BCUT2D eigenvalue weighted by molar-refractivity contribution is 0.102. The Bertz CT molecular complexity index is 992. The fraction of sp³-hybridized carbons (Fsp3) is 0.350. The van der Waals surface area contributed by atoms with E-state index in [0.29, 0.717) is 28.8 Å². The fourth-order valence-corrected chi connectivity index (χ4v) is 4.27. The minimum absolute atomic E-state index is 0.134. The van der Waals surface area contributed by atoms with Crippen molar-refractivity contribution < 1.29 is 9.53 Å². The Balaban J connectivity index is 1.69. The van der Waals surface area contributed by atoms with Crippen molar-refractivity contribution in [1.29, 1.82) is 0 Å². The molecule has 1 amide bonds. The molecule has 2 heterocycles. The summed E-state index contributed by atoms with van der Waals surface area (Å²) < 4.78 is 5.60. The first-order valence-electron chi connectivity index (χ1n) is 8.89. The number of para-hydroxylation sites is 2. The quantitative estimate of drug-likeness (QED) is 0.701. The number of aryl methyl sites for hydroxylation is 2. The number of hydrogen-bond acceptors (Lipinski definition) is 5. The van der Waals surface area contributed by atoms with Gasteiger partial charge in [0, 0.05) is 11.3 Å². The molecule has 134 valence electrons. The molecule has 1 aliphatic carbocycles. The van der Waals surface area contributed by atoms with Gasteiger partial charge in [0.25, 0.3) is 5.91 Å². The molecule has 0 radical (unpaired) electrons. The van der Waals surface area contributed by atoms with Crippen LogP contribution in [0.3, 0.4) is 0 Å². The summed E-state index contributed by atoms with van der Waals surface area (Å²) in [5, 5.41) is 3.98. The molecule has 1 aromatic carbocycles. The fourth-order valence-electron chi connectivity index (χ4n) is 3.13. The molecule has 5 nitrogen and oxygen atoms in total. The number of carbonyl (C=O) groups excluding carboxylic acids is 1. The van der Waals surface area contributed by atoms with E-state index in [2.05, 4.69) is 10.3 Å². The highest BCUT2D eigenvalue weighted by atomic mass is 32.1. The molecular weight excluding hydrogens is 346 g/mol. The molecule has 0 spiro atoms. The van der Waals surface area contributed by atoms with Crippen molar-refractivity contribution in [2.24, 2.45) is 0 Å². The number of amides is 1. The zero-order valence-corrected chi connectivity index (χ0v) is 15.9. The van der Waals surface area contributed by atoms with E-state index in [1.807, 2.05) is 45.0 Å². The maximum atomic E-state index is 12.9. The van der Waals surface area contributed by atoms with Crippen LogP contribution in [0.25, 0.3) is 10.2 Å². The number of fused-ring (bicyclic) bond motifs is 1. The Kier molecular flexibility index (Phi) is 4.36. The van der Waals surface area contributed by atoms with Crippen LogP contribution in [0.2, 0.25) is 0 Å². The number of anilines is 1. The van der Waals surface area contributed by atoms with Crippen LogP contribution in [0.5, 0.6) is 5.75 Å². The van der Waals surface area contributed by atoms with Crippen molar-refractivity contribution >= 4 is 33.1 Å². The Hall–Kier alpha value is -2.47. The highest BCUT2D eigenvalue weighted by Gasteiger charge is 2.28. The molecule has 0 atom stereocenters. The Labute approximate surface area is 156 Å². The van der Waals surface area contributed by atoms with Gasteiger partial charge in [0.15, 0.2) is 0 Å². The van der Waals surface area contributed by atoms with Crippen LogP contribution in [0.4, 0.5) is 5.69 Å². The van der Waals surface area contributed by atoms with Crippen LogP contribution in [0.15, 0.2) is 24.3 Å². The Morgan fingerprint density at radius 1 is 1.27 bits per heavy atom. The van der Waals surface area contributed by atoms with Crippen LogP contribution in [-0.4, -0.2) is 22.5 Å². The van der Waals surface area contributed by atoms with Crippen molar-refractivity contribution in [2.75, 3.05) is 11.9 Å². The average molecular weight is 367 g/mol. The van der Waals surface area contributed by atoms with Crippen LogP contribution in [-0.2, 0) is 0 Å². The highest BCUT2D eigenvalue weighted by Crippen LogP contribution is 2.40. The van der Waals surface area contributed by atoms with E-state index >= 15 is 0 Å². The van der Waals surface area contributed by atoms with E-state index in [9.17, 15) is 4.79 Å². The molecule has 4 rings (SSSR count). The van der Waals surface area contributed by atoms with Gasteiger partial charge in [0.1, 0.15) is 16.4 Å². The number of rotatable bonds is 5. The van der Waals surface area contributed by atoms with Crippen molar-refractivity contribution in [3.05, 3.63) is 46.2 Å². The van der Waals surface area contributed by atoms with Crippen molar-refractivity contribution in [3.8, 4) is 5.75 Å². The predicted molar refractivity (Wildman–Crippen MR) is 104 cm³/mol. The second kappa shape index (κ2) is 6.68. The van der Waals surface area contributed by atoms with Gasteiger partial charge in [-0.3, -0.25) is 4.79 Å². The number of nitrogens with zero attached hydrogens (tertiary/aromatic N) is 2. The number of hydrogen-bond donors (Lipinski definition) is 1. The first kappa shape index (κ1) is 17.0. The van der Waals surface area contributed by atoms with E-state index in [1.54, 1.807) is 0 Å². The van der Waals surface area contributed by atoms with Gasteiger partial charge in [-0.2, -0.15) is 0 Å². The lowest BCUT2D eigenvalue weighted by Gasteiger charge is -2.10. The maximum absolute atomic E-state index is 12.9. The third kappa shape index (κ3) is 3.05. The number of ether oxygens (including phenoxy) is 1. The molecule has 0 bridgehead atoms. The van der Waals surface area contributed by atoms with Crippen LogP contribution >= 0.6 is 11.3 Å². The third-order valence-electron chi connectivity index (χ3n) is 4.57. The minimum Gasteiger partial charge on any atom is -0.492 e. The summed E-state index contributed by atoms with van der Waals surface area (Å²) in [6.07, 6.45) is 2.33. The number of thiophene rings is 1. The molecular formula is C20H21N3O2S. The topological polar surface area (TPSA) is 64.1 Å². The number of carbonyl (C=O) groups is 1. The van der Waals surface area contributed by atoms with Crippen LogP contribution < -0.4 is 10.1 Å². The van der Waals surface area contributed by atoms with E-state index in [1.165, 1.54) is 11.3 Å². The highest BCUT2D eigenvalue weighted by molar-refractivity contribution is 7.20. The maximum Gasteiger partial charge on any atom is 0.266 e. The molecule has 0 saturated heterocycles. The van der Waals surface area contributed by atoms with Gasteiger partial charge in [-0.15, -0.1) is 11.3 Å². The Morgan fingerprint density at radius 2 is 2.04 bits per heavy atom. The molecule has 26 heavy (non-hydrogen) atoms. The first-order chi connectivity index (χ1) is 12.6. The lowest BCUT2D eigenvalue weighted by atomic mass is 10.1. The lowest BCUT2D eigenvalue weighted by Crippen LogP contribution is -2.12. The van der Waals surface area contributed by atoms with E-state index in [-0.39, 0.29) is 5.91 Å². The van der Waals surface area contributed by atoms with Crippen LogP contribution in [0, 0.1) is 13.8 Å². The van der Waals surface area contributed by atoms with Crippen molar-refractivity contribution in [2.45, 2.75) is 39.5 Å². The van der Waals surface area contributed by atoms with Gasteiger partial charge in [0.05, 0.1) is 22.9 Å². The van der Waals surface area contributed by atoms with Gasteiger partial charge < -0.3 is 10.1 Å². The first-order valence-corrected chi connectivity index (χ1v) is 9.71. The molecule has 0 aliphatic heterocycles. The monoisotopic (exact) mass is 367 g/mol. The molecule has 0 unspecified atom stereocenters. The molecule has 1 fully saturated rings. The smallest absolute Gasteiger partial charge is 0.266 e. The molecule has 6 heteroatoms. The van der Waals surface area contributed by atoms with E-state index in [4.69, 9.17) is 9.72 Å². The average Bonchev–Trinajstić information content (AvgIpc) is 3.41. The summed E-state index contributed by atoms with van der Waals surface area (Å²) in [5.41, 5.74) is 2.58. The van der Waals surface area contributed by atoms with Gasteiger partial charge in [0.2, 0.25) is 0 Å². The number of aromatic nitrogens is 2. The minimum atomic E-state index is -0.134. The number of nitrogens with one attached hydrogen (secondary N) is 1. The van der Waals surface area contributed by atoms with E-state index in [0.717, 1.165) is 40.1 Å². The van der Waals surface area contributed by atoms with Gasteiger partial charge in [-0.1, -0.05) is 12.1 Å². The summed E-state index contributed by atoms with van der Waals surface area (Å²) in [5.74, 6) is 1.96.